The number of nitrogens with one attached hydrogen (secondary N) is 1. The van der Waals surface area contributed by atoms with E-state index in [0.29, 0.717) is 5.95 Å². The van der Waals surface area contributed by atoms with Crippen LogP contribution in [0.15, 0.2) is 6.07 Å². The largest absolute Gasteiger partial charge is 0.354 e. The number of hydrogen-bond acceptors (Lipinski definition) is 5. The van der Waals surface area contributed by atoms with Gasteiger partial charge in [-0.3, -0.25) is 0 Å². The van der Waals surface area contributed by atoms with Crippen LogP contribution in [0.5, 0.6) is 0 Å². The van der Waals surface area contributed by atoms with E-state index in [1.807, 2.05) is 19.9 Å². The van der Waals surface area contributed by atoms with Gasteiger partial charge >= 0.3 is 0 Å². The molecule has 0 aliphatic carbocycles. The Morgan fingerprint density at radius 3 is 2.28 bits per heavy atom. The van der Waals surface area contributed by atoms with E-state index in [1.54, 1.807) is 11.3 Å². The molecule has 0 radical (unpaired) electrons. The number of anilines is 1. The summed E-state index contributed by atoms with van der Waals surface area (Å²) in [7, 11) is 0. The van der Waals surface area contributed by atoms with Crippen LogP contribution < -0.4 is 5.32 Å². The fraction of sp³-hybridized carbons (Fsp3) is 0.462. The van der Waals surface area contributed by atoms with Gasteiger partial charge in [0.1, 0.15) is 0 Å². The van der Waals surface area contributed by atoms with Crippen LogP contribution in [0.1, 0.15) is 27.0 Å². The van der Waals surface area contributed by atoms with Crippen molar-refractivity contribution in [2.75, 3.05) is 11.9 Å². The Hall–Kier alpha value is -1.49. The maximum atomic E-state index is 4.51. The number of thiazole rings is 1. The third-order valence-electron chi connectivity index (χ3n) is 2.68. The van der Waals surface area contributed by atoms with E-state index in [0.717, 1.165) is 30.0 Å². The summed E-state index contributed by atoms with van der Waals surface area (Å²) in [4.78, 5) is 14.5. The standard InChI is InChI=1S/C13H18N4S/c1-8-7-9(2)16-13(15-8)14-6-5-12-17-10(3)11(4)18-12/h7H,5-6H2,1-4H3,(H,14,15,16). The lowest BCUT2D eigenvalue weighted by Crippen LogP contribution is -2.09. The molecule has 0 unspecified atom stereocenters. The summed E-state index contributed by atoms with van der Waals surface area (Å²) in [5, 5.41) is 4.42. The lowest BCUT2D eigenvalue weighted by atomic mass is 10.3. The average molecular weight is 262 g/mol. The van der Waals surface area contributed by atoms with E-state index < -0.39 is 0 Å². The van der Waals surface area contributed by atoms with Crippen LogP contribution in [0.3, 0.4) is 0 Å². The van der Waals surface area contributed by atoms with E-state index in [1.165, 1.54) is 9.88 Å². The topological polar surface area (TPSA) is 50.7 Å². The Bertz CT molecular complexity index is 508. The molecule has 0 fully saturated rings. The third-order valence-corrected chi connectivity index (χ3v) is 3.81. The Kier molecular flexibility index (Phi) is 3.91. The highest BCUT2D eigenvalue weighted by Crippen LogP contribution is 2.16. The molecule has 1 N–H and O–H groups in total. The van der Waals surface area contributed by atoms with Gasteiger partial charge in [-0.05, 0) is 33.8 Å². The van der Waals surface area contributed by atoms with Crippen molar-refractivity contribution in [1.29, 1.82) is 0 Å². The number of nitrogens with zero attached hydrogens (tertiary/aromatic N) is 3. The van der Waals surface area contributed by atoms with E-state index in [4.69, 9.17) is 0 Å². The Morgan fingerprint density at radius 1 is 1.06 bits per heavy atom. The number of aromatic nitrogens is 3. The van der Waals surface area contributed by atoms with Gasteiger partial charge in [-0.1, -0.05) is 0 Å². The monoisotopic (exact) mass is 262 g/mol. The van der Waals surface area contributed by atoms with E-state index in [9.17, 15) is 0 Å². The minimum atomic E-state index is 0.706. The quantitative estimate of drug-likeness (QED) is 0.920. The first-order valence-electron chi connectivity index (χ1n) is 6.03. The maximum absolute atomic E-state index is 4.51. The van der Waals surface area contributed by atoms with Gasteiger partial charge in [0.2, 0.25) is 5.95 Å². The van der Waals surface area contributed by atoms with Gasteiger partial charge in [-0.25, -0.2) is 15.0 Å². The lowest BCUT2D eigenvalue weighted by Gasteiger charge is -2.05. The molecule has 2 rings (SSSR count). The molecule has 96 valence electrons. The van der Waals surface area contributed by atoms with Crippen molar-refractivity contribution in [2.24, 2.45) is 0 Å². The highest BCUT2D eigenvalue weighted by Gasteiger charge is 2.04. The molecule has 0 aliphatic rings. The molecule has 0 spiro atoms. The van der Waals surface area contributed by atoms with Crippen LogP contribution in [0.25, 0.3) is 0 Å². The third kappa shape index (κ3) is 3.26. The average Bonchev–Trinajstić information content (AvgIpc) is 2.57. The number of rotatable bonds is 4. The van der Waals surface area contributed by atoms with Crippen LogP contribution >= 0.6 is 11.3 Å². The van der Waals surface area contributed by atoms with Crippen LogP contribution in [-0.4, -0.2) is 21.5 Å². The Labute approximate surface area is 112 Å². The summed E-state index contributed by atoms with van der Waals surface area (Å²) in [5.74, 6) is 0.706. The van der Waals surface area contributed by atoms with Crippen LogP contribution in [-0.2, 0) is 6.42 Å². The predicted molar refractivity (Wildman–Crippen MR) is 75.3 cm³/mol. The zero-order chi connectivity index (χ0) is 13.1. The first kappa shape index (κ1) is 13.0. The van der Waals surface area contributed by atoms with Gasteiger partial charge < -0.3 is 5.32 Å². The van der Waals surface area contributed by atoms with Crippen molar-refractivity contribution in [1.82, 2.24) is 15.0 Å². The fourth-order valence-corrected chi connectivity index (χ4v) is 2.67. The minimum absolute atomic E-state index is 0.706. The smallest absolute Gasteiger partial charge is 0.223 e. The van der Waals surface area contributed by atoms with Crippen LogP contribution in [0, 0.1) is 27.7 Å². The normalized spacial score (nSPS) is 10.7. The Balaban J connectivity index is 1.92. The predicted octanol–water partition coefficient (Wildman–Crippen LogP) is 2.82. The van der Waals surface area contributed by atoms with Crippen LogP contribution in [0.4, 0.5) is 5.95 Å². The molecule has 0 saturated carbocycles. The van der Waals surface area contributed by atoms with Gasteiger partial charge in [0.25, 0.3) is 0 Å². The van der Waals surface area contributed by atoms with Crippen molar-refractivity contribution >= 4 is 17.3 Å². The second-order valence-corrected chi connectivity index (χ2v) is 5.69. The molecule has 4 nitrogen and oxygen atoms in total. The first-order valence-corrected chi connectivity index (χ1v) is 6.85. The SMILES string of the molecule is Cc1cc(C)nc(NCCc2nc(C)c(C)s2)n1. The van der Waals surface area contributed by atoms with Gasteiger partial charge in [0.15, 0.2) is 0 Å². The zero-order valence-electron chi connectivity index (χ0n) is 11.2. The van der Waals surface area contributed by atoms with Gasteiger partial charge in [0.05, 0.1) is 10.7 Å². The van der Waals surface area contributed by atoms with Crippen LogP contribution in [0.2, 0.25) is 0 Å². The second kappa shape index (κ2) is 5.44. The molecule has 0 bridgehead atoms. The zero-order valence-corrected chi connectivity index (χ0v) is 12.1. The molecule has 2 heterocycles. The molecule has 2 aromatic rings. The Morgan fingerprint density at radius 2 is 1.72 bits per heavy atom. The molecule has 0 atom stereocenters. The molecule has 0 aromatic carbocycles. The van der Waals surface area contributed by atoms with E-state index >= 15 is 0 Å². The minimum Gasteiger partial charge on any atom is -0.354 e. The molecule has 0 amide bonds. The van der Waals surface area contributed by atoms with Crippen molar-refractivity contribution in [3.63, 3.8) is 0 Å². The summed E-state index contributed by atoms with van der Waals surface area (Å²) in [6.07, 6.45) is 0.912. The second-order valence-electron chi connectivity index (χ2n) is 4.40. The molecule has 5 heteroatoms. The molecular weight excluding hydrogens is 244 g/mol. The summed E-state index contributed by atoms with van der Waals surface area (Å²) >= 11 is 1.76. The fourth-order valence-electron chi connectivity index (χ4n) is 1.73. The van der Waals surface area contributed by atoms with Crippen molar-refractivity contribution in [2.45, 2.75) is 34.1 Å². The summed E-state index contributed by atoms with van der Waals surface area (Å²) in [5.41, 5.74) is 3.12. The van der Waals surface area contributed by atoms with E-state index in [2.05, 4.69) is 34.1 Å². The van der Waals surface area contributed by atoms with Gasteiger partial charge in [-0.15, -0.1) is 11.3 Å². The van der Waals surface area contributed by atoms with Gasteiger partial charge in [-0.2, -0.15) is 0 Å². The molecule has 18 heavy (non-hydrogen) atoms. The molecule has 0 saturated heterocycles. The first-order chi connectivity index (χ1) is 8.54. The molecule has 0 aliphatic heterocycles. The maximum Gasteiger partial charge on any atom is 0.223 e. The highest BCUT2D eigenvalue weighted by molar-refractivity contribution is 7.11. The highest BCUT2D eigenvalue weighted by atomic mass is 32.1. The molecular formula is C13H18N4S. The van der Waals surface area contributed by atoms with Crippen molar-refractivity contribution < 1.29 is 0 Å². The number of hydrogen-bond donors (Lipinski definition) is 1. The lowest BCUT2D eigenvalue weighted by molar-refractivity contribution is 0.947. The summed E-state index contributed by atoms with van der Waals surface area (Å²) in [6.45, 7) is 8.93. The number of aryl methyl sites for hydroxylation is 4. The van der Waals surface area contributed by atoms with E-state index in [-0.39, 0.29) is 0 Å². The van der Waals surface area contributed by atoms with Crippen molar-refractivity contribution in [3.05, 3.63) is 33.0 Å². The summed E-state index contributed by atoms with van der Waals surface area (Å²) in [6, 6.07) is 1.97. The van der Waals surface area contributed by atoms with Crippen molar-refractivity contribution in [3.8, 4) is 0 Å². The summed E-state index contributed by atoms with van der Waals surface area (Å²) < 4.78 is 0. The molecule has 2 aromatic heterocycles. The van der Waals surface area contributed by atoms with Gasteiger partial charge in [0, 0.05) is 29.2 Å².